The first kappa shape index (κ1) is 18.9. The fourth-order valence-corrected chi connectivity index (χ4v) is 5.06. The number of amides is 1. The molecule has 2 aliphatic rings. The van der Waals surface area contributed by atoms with E-state index in [0.29, 0.717) is 0 Å². The molecule has 2 aromatic rings. The Hall–Kier alpha value is -2.49. The van der Waals surface area contributed by atoms with Crippen molar-refractivity contribution in [2.45, 2.75) is 50.5 Å². The second kappa shape index (κ2) is 7.50. The third-order valence-electron chi connectivity index (χ3n) is 6.64. The highest BCUT2D eigenvalue weighted by atomic mass is 16.5. The normalized spacial score (nSPS) is 20.5. The Balaban J connectivity index is 1.69. The van der Waals surface area contributed by atoms with Crippen LogP contribution < -0.4 is 9.47 Å². The van der Waals surface area contributed by atoms with Gasteiger partial charge in [-0.2, -0.15) is 0 Å². The summed E-state index contributed by atoms with van der Waals surface area (Å²) in [5.41, 5.74) is 3.21. The van der Waals surface area contributed by atoms with E-state index in [2.05, 4.69) is 42.2 Å². The second-order valence-corrected chi connectivity index (χ2v) is 7.99. The molecule has 1 amide bonds. The molecule has 0 saturated heterocycles. The van der Waals surface area contributed by atoms with Crippen LogP contribution in [-0.2, 0) is 16.6 Å². The summed E-state index contributed by atoms with van der Waals surface area (Å²) < 4.78 is 11.0. The van der Waals surface area contributed by atoms with Crippen molar-refractivity contribution in [3.8, 4) is 11.5 Å². The van der Waals surface area contributed by atoms with Crippen LogP contribution in [0, 0.1) is 0 Å². The average molecular weight is 380 g/mol. The van der Waals surface area contributed by atoms with E-state index in [9.17, 15) is 4.79 Å². The van der Waals surface area contributed by atoms with E-state index in [1.165, 1.54) is 16.7 Å². The van der Waals surface area contributed by atoms with Gasteiger partial charge in [0.2, 0.25) is 5.91 Å². The smallest absolute Gasteiger partial charge is 0.233 e. The van der Waals surface area contributed by atoms with Crippen molar-refractivity contribution < 1.29 is 14.3 Å². The molecule has 0 unspecified atom stereocenters. The van der Waals surface area contributed by atoms with Crippen molar-refractivity contribution in [3.05, 3.63) is 59.2 Å². The van der Waals surface area contributed by atoms with E-state index >= 15 is 0 Å². The van der Waals surface area contributed by atoms with E-state index in [4.69, 9.17) is 9.47 Å². The van der Waals surface area contributed by atoms with E-state index in [-0.39, 0.29) is 17.4 Å². The molecule has 4 rings (SSSR count). The third-order valence-corrected chi connectivity index (χ3v) is 6.64. The summed E-state index contributed by atoms with van der Waals surface area (Å²) in [4.78, 5) is 16.0. The molecule has 1 atom stereocenters. The fourth-order valence-electron chi connectivity index (χ4n) is 5.06. The van der Waals surface area contributed by atoms with E-state index in [1.54, 1.807) is 14.2 Å². The van der Waals surface area contributed by atoms with Crippen molar-refractivity contribution in [3.63, 3.8) is 0 Å². The molecule has 1 saturated carbocycles. The number of hydrogen-bond donors (Lipinski definition) is 0. The van der Waals surface area contributed by atoms with Gasteiger partial charge in [-0.3, -0.25) is 4.79 Å². The van der Waals surface area contributed by atoms with Crippen molar-refractivity contribution in [1.82, 2.24) is 4.90 Å². The molecule has 148 valence electrons. The Labute approximate surface area is 167 Å². The maximum atomic E-state index is 13.9. The number of carbonyl (C=O) groups is 1. The summed E-state index contributed by atoms with van der Waals surface area (Å²) in [5, 5.41) is 0. The summed E-state index contributed by atoms with van der Waals surface area (Å²) in [6.07, 6.45) is 4.96. The zero-order chi connectivity index (χ0) is 19.7. The van der Waals surface area contributed by atoms with Gasteiger partial charge < -0.3 is 14.4 Å². The highest BCUT2D eigenvalue weighted by molar-refractivity contribution is 5.89. The molecule has 4 nitrogen and oxygen atoms in total. The zero-order valence-electron chi connectivity index (χ0n) is 17.0. The maximum absolute atomic E-state index is 13.9. The lowest BCUT2D eigenvalue weighted by atomic mass is 9.76. The number of hydrogen-bond acceptors (Lipinski definition) is 3. The van der Waals surface area contributed by atoms with E-state index < -0.39 is 0 Å². The first-order valence-electron chi connectivity index (χ1n) is 10.2. The second-order valence-electron chi connectivity index (χ2n) is 7.99. The van der Waals surface area contributed by atoms with Crippen molar-refractivity contribution in [2.24, 2.45) is 0 Å². The van der Waals surface area contributed by atoms with Gasteiger partial charge in [-0.05, 0) is 55.0 Å². The number of ether oxygens (including phenoxy) is 2. The number of benzene rings is 2. The minimum atomic E-state index is -0.371. The van der Waals surface area contributed by atoms with Gasteiger partial charge in [0.05, 0.1) is 25.7 Å². The standard InChI is InChI=1S/C24H29NO3/c1-17-20-16-22(28-3)21(27-2)15-18(20)11-14-25(17)23(26)24(12-7-8-13-24)19-9-5-4-6-10-19/h4-6,9-10,15-17H,7-8,11-14H2,1-3H3/t17-/m0/s1. The molecule has 1 fully saturated rings. The molecule has 1 aliphatic heterocycles. The van der Waals surface area contributed by atoms with Gasteiger partial charge >= 0.3 is 0 Å². The fraction of sp³-hybridized carbons (Fsp3) is 0.458. The van der Waals surface area contributed by atoms with Gasteiger partial charge in [0.15, 0.2) is 11.5 Å². The van der Waals surface area contributed by atoms with Crippen LogP contribution in [0.1, 0.15) is 55.3 Å². The molecule has 0 N–H and O–H groups in total. The Morgan fingerprint density at radius 3 is 2.32 bits per heavy atom. The van der Waals surface area contributed by atoms with E-state index in [1.807, 2.05) is 12.1 Å². The van der Waals surface area contributed by atoms with Gasteiger partial charge in [0, 0.05) is 6.54 Å². The minimum Gasteiger partial charge on any atom is -0.493 e. The first-order valence-corrected chi connectivity index (χ1v) is 10.2. The molecular weight excluding hydrogens is 350 g/mol. The van der Waals surface area contributed by atoms with Crippen LogP contribution >= 0.6 is 0 Å². The number of rotatable bonds is 4. The van der Waals surface area contributed by atoms with Crippen LogP contribution in [0.15, 0.2) is 42.5 Å². The topological polar surface area (TPSA) is 38.8 Å². The lowest BCUT2D eigenvalue weighted by Crippen LogP contribution is -2.48. The largest absolute Gasteiger partial charge is 0.493 e. The summed E-state index contributed by atoms with van der Waals surface area (Å²) in [5.74, 6) is 1.76. The van der Waals surface area contributed by atoms with Crippen molar-refractivity contribution >= 4 is 5.91 Å². The van der Waals surface area contributed by atoms with Gasteiger partial charge in [-0.15, -0.1) is 0 Å². The van der Waals surface area contributed by atoms with Crippen LogP contribution in [0.5, 0.6) is 11.5 Å². The van der Waals surface area contributed by atoms with Crippen molar-refractivity contribution in [2.75, 3.05) is 20.8 Å². The van der Waals surface area contributed by atoms with Gasteiger partial charge in [0.1, 0.15) is 0 Å². The quantitative estimate of drug-likeness (QED) is 0.775. The van der Waals surface area contributed by atoms with Crippen LogP contribution in [-0.4, -0.2) is 31.6 Å². The van der Waals surface area contributed by atoms with Gasteiger partial charge in [-0.1, -0.05) is 43.2 Å². The number of nitrogens with zero attached hydrogens (tertiary/aromatic N) is 1. The van der Waals surface area contributed by atoms with Crippen molar-refractivity contribution in [1.29, 1.82) is 0 Å². The predicted octanol–water partition coefficient (Wildman–Crippen LogP) is 4.66. The van der Waals surface area contributed by atoms with E-state index in [0.717, 1.165) is 50.1 Å². The molecule has 28 heavy (non-hydrogen) atoms. The highest BCUT2D eigenvalue weighted by Crippen LogP contribution is 2.45. The van der Waals surface area contributed by atoms with Crippen LogP contribution in [0.3, 0.4) is 0 Å². The molecule has 0 aromatic heterocycles. The predicted molar refractivity (Wildman–Crippen MR) is 110 cm³/mol. The molecule has 0 radical (unpaired) electrons. The van der Waals surface area contributed by atoms with Crippen LogP contribution in [0.2, 0.25) is 0 Å². The summed E-state index contributed by atoms with van der Waals surface area (Å²) in [6.45, 7) is 2.88. The van der Waals surface area contributed by atoms with Crippen LogP contribution in [0.25, 0.3) is 0 Å². The highest BCUT2D eigenvalue weighted by Gasteiger charge is 2.46. The summed E-state index contributed by atoms with van der Waals surface area (Å²) in [7, 11) is 3.32. The molecule has 2 aromatic carbocycles. The Morgan fingerprint density at radius 2 is 1.68 bits per heavy atom. The Kier molecular flexibility index (Phi) is 5.05. The zero-order valence-corrected chi connectivity index (χ0v) is 17.0. The molecule has 0 spiro atoms. The minimum absolute atomic E-state index is 0.0252. The summed E-state index contributed by atoms with van der Waals surface area (Å²) >= 11 is 0. The monoisotopic (exact) mass is 379 g/mol. The number of carbonyl (C=O) groups excluding carboxylic acids is 1. The SMILES string of the molecule is COc1cc2c(cc1OC)[C@H](C)N(C(=O)C1(c3ccccc3)CCCC1)CC2. The number of fused-ring (bicyclic) bond motifs is 1. The van der Waals surface area contributed by atoms with Crippen LogP contribution in [0.4, 0.5) is 0 Å². The Bertz CT molecular complexity index is 856. The molecular formula is C24H29NO3. The molecule has 4 heteroatoms. The lowest BCUT2D eigenvalue weighted by Gasteiger charge is -2.41. The van der Waals surface area contributed by atoms with Gasteiger partial charge in [0.25, 0.3) is 0 Å². The molecule has 1 aliphatic carbocycles. The average Bonchev–Trinajstić information content (AvgIpc) is 3.24. The van der Waals surface area contributed by atoms with Gasteiger partial charge in [-0.25, -0.2) is 0 Å². The Morgan fingerprint density at radius 1 is 1.04 bits per heavy atom. The molecule has 1 heterocycles. The maximum Gasteiger partial charge on any atom is 0.233 e. The summed E-state index contributed by atoms with van der Waals surface area (Å²) in [6, 6.07) is 14.5. The molecule has 0 bridgehead atoms. The lowest BCUT2D eigenvalue weighted by molar-refractivity contribution is -0.140. The first-order chi connectivity index (χ1) is 13.6. The third kappa shape index (κ3) is 2.95. The number of methoxy groups -OCH3 is 2.